The summed E-state index contributed by atoms with van der Waals surface area (Å²) in [5.74, 6) is 0.807. The van der Waals surface area contributed by atoms with Gasteiger partial charge in [0.15, 0.2) is 0 Å². The molecular formula is C19H21NO3. The van der Waals surface area contributed by atoms with Crippen molar-refractivity contribution >= 4 is 5.91 Å². The van der Waals surface area contributed by atoms with E-state index in [0.29, 0.717) is 19.6 Å². The Balaban J connectivity index is 1.47. The molecule has 2 aromatic rings. The minimum Gasteiger partial charge on any atom is -0.497 e. The fraction of sp³-hybridized carbons (Fsp3) is 0.316. The minimum absolute atomic E-state index is 0.0117. The molecule has 3 rings (SSSR count). The molecule has 1 aliphatic heterocycles. The van der Waals surface area contributed by atoms with E-state index in [1.54, 1.807) is 7.11 Å². The van der Waals surface area contributed by atoms with Crippen molar-refractivity contribution in [3.8, 4) is 5.75 Å². The van der Waals surface area contributed by atoms with Crippen molar-refractivity contribution in [3.05, 3.63) is 65.2 Å². The Kier molecular flexibility index (Phi) is 4.93. The number of amides is 1. The average Bonchev–Trinajstić information content (AvgIpc) is 2.60. The molecule has 0 saturated carbocycles. The van der Waals surface area contributed by atoms with Crippen LogP contribution in [0.5, 0.6) is 5.75 Å². The van der Waals surface area contributed by atoms with E-state index in [4.69, 9.17) is 9.47 Å². The topological polar surface area (TPSA) is 47.6 Å². The number of ether oxygens (including phenoxy) is 2. The highest BCUT2D eigenvalue weighted by molar-refractivity contribution is 5.78. The van der Waals surface area contributed by atoms with Gasteiger partial charge >= 0.3 is 0 Å². The van der Waals surface area contributed by atoms with Crippen molar-refractivity contribution in [1.29, 1.82) is 0 Å². The molecule has 0 bridgehead atoms. The Bertz CT molecular complexity index is 667. The summed E-state index contributed by atoms with van der Waals surface area (Å²) in [6.45, 7) is 1.17. The van der Waals surface area contributed by atoms with E-state index in [-0.39, 0.29) is 12.0 Å². The van der Waals surface area contributed by atoms with Gasteiger partial charge in [0.25, 0.3) is 0 Å². The Morgan fingerprint density at radius 3 is 2.65 bits per heavy atom. The van der Waals surface area contributed by atoms with Crippen LogP contribution >= 0.6 is 0 Å². The van der Waals surface area contributed by atoms with Crippen LogP contribution in [-0.2, 0) is 29.0 Å². The lowest BCUT2D eigenvalue weighted by Gasteiger charge is -2.25. The largest absolute Gasteiger partial charge is 0.497 e. The van der Waals surface area contributed by atoms with Gasteiger partial charge in [0.2, 0.25) is 5.91 Å². The molecule has 0 fully saturated rings. The van der Waals surface area contributed by atoms with E-state index in [2.05, 4.69) is 17.4 Å². The summed E-state index contributed by atoms with van der Waals surface area (Å²) in [5, 5.41) is 2.97. The maximum Gasteiger partial charge on any atom is 0.224 e. The SMILES string of the molecule is COc1ccc(CC(=O)NCC2Cc3ccccc3CO2)cc1. The number of rotatable bonds is 5. The second-order valence-electron chi connectivity index (χ2n) is 5.73. The molecule has 1 amide bonds. The van der Waals surface area contributed by atoms with E-state index in [0.717, 1.165) is 17.7 Å². The van der Waals surface area contributed by atoms with Gasteiger partial charge in [0, 0.05) is 13.0 Å². The zero-order chi connectivity index (χ0) is 16.1. The smallest absolute Gasteiger partial charge is 0.224 e. The fourth-order valence-electron chi connectivity index (χ4n) is 2.76. The first kappa shape index (κ1) is 15.6. The van der Waals surface area contributed by atoms with Gasteiger partial charge in [-0.05, 0) is 28.8 Å². The number of benzene rings is 2. The third kappa shape index (κ3) is 4.11. The highest BCUT2D eigenvalue weighted by Gasteiger charge is 2.19. The van der Waals surface area contributed by atoms with Crippen LogP contribution in [0.1, 0.15) is 16.7 Å². The molecule has 0 radical (unpaired) electrons. The van der Waals surface area contributed by atoms with E-state index >= 15 is 0 Å². The number of hydrogen-bond donors (Lipinski definition) is 1. The van der Waals surface area contributed by atoms with E-state index < -0.39 is 0 Å². The van der Waals surface area contributed by atoms with E-state index in [1.807, 2.05) is 36.4 Å². The Morgan fingerprint density at radius 1 is 1.17 bits per heavy atom. The number of carbonyl (C=O) groups is 1. The van der Waals surface area contributed by atoms with Gasteiger partial charge in [-0.3, -0.25) is 4.79 Å². The molecule has 2 aromatic carbocycles. The Hall–Kier alpha value is -2.33. The lowest BCUT2D eigenvalue weighted by atomic mass is 9.99. The number of fused-ring (bicyclic) bond motifs is 1. The first-order valence-corrected chi connectivity index (χ1v) is 7.82. The van der Waals surface area contributed by atoms with Crippen LogP contribution in [0.25, 0.3) is 0 Å². The van der Waals surface area contributed by atoms with E-state index in [9.17, 15) is 4.79 Å². The summed E-state index contributed by atoms with van der Waals surface area (Å²) >= 11 is 0. The normalized spacial score (nSPS) is 16.5. The molecule has 4 nitrogen and oxygen atoms in total. The van der Waals surface area contributed by atoms with Crippen LogP contribution in [-0.4, -0.2) is 25.7 Å². The highest BCUT2D eigenvalue weighted by Crippen LogP contribution is 2.19. The number of carbonyl (C=O) groups excluding carboxylic acids is 1. The molecule has 0 aliphatic carbocycles. The van der Waals surface area contributed by atoms with Crippen LogP contribution in [0.4, 0.5) is 0 Å². The first-order chi connectivity index (χ1) is 11.2. The van der Waals surface area contributed by atoms with Gasteiger partial charge in [-0.25, -0.2) is 0 Å². The van der Waals surface area contributed by atoms with Crippen molar-refractivity contribution in [2.75, 3.05) is 13.7 Å². The van der Waals surface area contributed by atoms with Gasteiger partial charge in [-0.2, -0.15) is 0 Å². The van der Waals surface area contributed by atoms with Crippen molar-refractivity contribution in [3.63, 3.8) is 0 Å². The monoisotopic (exact) mass is 311 g/mol. The number of nitrogens with one attached hydrogen (secondary N) is 1. The molecular weight excluding hydrogens is 290 g/mol. The van der Waals surface area contributed by atoms with Gasteiger partial charge in [-0.1, -0.05) is 36.4 Å². The highest BCUT2D eigenvalue weighted by atomic mass is 16.5. The zero-order valence-corrected chi connectivity index (χ0v) is 13.2. The molecule has 0 saturated heterocycles. The maximum atomic E-state index is 12.1. The molecule has 0 aromatic heterocycles. The molecule has 0 spiro atoms. The zero-order valence-electron chi connectivity index (χ0n) is 13.2. The van der Waals surface area contributed by atoms with Gasteiger partial charge in [-0.15, -0.1) is 0 Å². The molecule has 1 heterocycles. The van der Waals surface area contributed by atoms with E-state index in [1.165, 1.54) is 11.1 Å². The summed E-state index contributed by atoms with van der Waals surface area (Å²) in [7, 11) is 1.63. The summed E-state index contributed by atoms with van der Waals surface area (Å²) in [6.07, 6.45) is 1.26. The predicted octanol–water partition coefficient (Wildman–Crippen LogP) is 2.50. The van der Waals surface area contributed by atoms with Crippen LogP contribution in [0.3, 0.4) is 0 Å². The van der Waals surface area contributed by atoms with Crippen molar-refractivity contribution in [2.24, 2.45) is 0 Å². The number of hydrogen-bond acceptors (Lipinski definition) is 3. The van der Waals surface area contributed by atoms with Crippen molar-refractivity contribution < 1.29 is 14.3 Å². The lowest BCUT2D eigenvalue weighted by Crippen LogP contribution is -2.37. The quantitative estimate of drug-likeness (QED) is 0.923. The first-order valence-electron chi connectivity index (χ1n) is 7.82. The molecule has 23 heavy (non-hydrogen) atoms. The average molecular weight is 311 g/mol. The summed E-state index contributed by atoms with van der Waals surface area (Å²) in [6, 6.07) is 15.8. The molecule has 4 heteroatoms. The molecule has 1 atom stereocenters. The molecule has 1 aliphatic rings. The summed E-state index contributed by atoms with van der Waals surface area (Å²) < 4.78 is 10.9. The summed E-state index contributed by atoms with van der Waals surface area (Å²) in [4.78, 5) is 12.1. The van der Waals surface area contributed by atoms with Gasteiger partial charge in [0.1, 0.15) is 5.75 Å². The predicted molar refractivity (Wildman–Crippen MR) is 88.4 cm³/mol. The van der Waals surface area contributed by atoms with Gasteiger partial charge < -0.3 is 14.8 Å². The Morgan fingerprint density at radius 2 is 1.91 bits per heavy atom. The minimum atomic E-state index is 0.0117. The molecule has 120 valence electrons. The summed E-state index contributed by atoms with van der Waals surface area (Å²) in [5.41, 5.74) is 3.53. The second-order valence-corrected chi connectivity index (χ2v) is 5.73. The Labute approximate surface area is 136 Å². The lowest BCUT2D eigenvalue weighted by molar-refractivity contribution is -0.121. The van der Waals surface area contributed by atoms with Crippen LogP contribution in [0, 0.1) is 0 Å². The second kappa shape index (κ2) is 7.29. The van der Waals surface area contributed by atoms with Crippen LogP contribution in [0.15, 0.2) is 48.5 Å². The van der Waals surface area contributed by atoms with Crippen molar-refractivity contribution in [2.45, 2.75) is 25.6 Å². The third-order valence-corrected chi connectivity index (χ3v) is 4.09. The van der Waals surface area contributed by atoms with Gasteiger partial charge in [0.05, 0.1) is 26.2 Å². The third-order valence-electron chi connectivity index (χ3n) is 4.09. The fourth-order valence-corrected chi connectivity index (χ4v) is 2.76. The molecule has 1 unspecified atom stereocenters. The number of methoxy groups -OCH3 is 1. The standard InChI is InChI=1S/C19H21NO3/c1-22-17-8-6-14(7-9-17)10-19(21)20-12-18-11-15-4-2-3-5-16(15)13-23-18/h2-9,18H,10-13H2,1H3,(H,20,21). The van der Waals surface area contributed by atoms with Crippen LogP contribution in [0.2, 0.25) is 0 Å². The van der Waals surface area contributed by atoms with Crippen molar-refractivity contribution in [1.82, 2.24) is 5.32 Å². The maximum absolute atomic E-state index is 12.1. The molecule has 1 N–H and O–H groups in total. The van der Waals surface area contributed by atoms with Crippen LogP contribution < -0.4 is 10.1 Å².